The van der Waals surface area contributed by atoms with E-state index in [1.165, 1.54) is 11.1 Å². The number of rotatable bonds is 5. The van der Waals surface area contributed by atoms with Gasteiger partial charge < -0.3 is 20.1 Å². The van der Waals surface area contributed by atoms with Crippen molar-refractivity contribution in [2.45, 2.75) is 37.3 Å². The number of ether oxygens (including phenoxy) is 1. The predicted molar refractivity (Wildman–Crippen MR) is 130 cm³/mol. The summed E-state index contributed by atoms with van der Waals surface area (Å²) in [4.78, 5) is 40.9. The summed E-state index contributed by atoms with van der Waals surface area (Å²) in [6, 6.07) is 15.4. The number of carboxylic acid groups (broad SMARTS) is 1. The number of carbonyl (C=O) groups excluding carboxylic acids is 2. The van der Waals surface area contributed by atoms with Crippen LogP contribution in [-0.4, -0.2) is 78.2 Å². The summed E-state index contributed by atoms with van der Waals surface area (Å²) in [7, 11) is 1.76. The van der Waals surface area contributed by atoms with Crippen LogP contribution in [0.2, 0.25) is 0 Å². The summed E-state index contributed by atoms with van der Waals surface area (Å²) in [6.07, 6.45) is 1.70. The molecule has 184 valence electrons. The second-order valence-electron chi connectivity index (χ2n) is 9.73. The molecule has 8 nitrogen and oxygen atoms in total. The summed E-state index contributed by atoms with van der Waals surface area (Å²) in [5.74, 6) is -1.38. The van der Waals surface area contributed by atoms with E-state index < -0.39 is 18.1 Å². The number of piperazine rings is 1. The number of hydrogen-bond acceptors (Lipinski definition) is 5. The van der Waals surface area contributed by atoms with E-state index in [0.717, 1.165) is 17.5 Å². The molecule has 0 aromatic heterocycles. The van der Waals surface area contributed by atoms with E-state index in [1.807, 2.05) is 24.3 Å². The van der Waals surface area contributed by atoms with Crippen LogP contribution < -0.4 is 5.32 Å². The van der Waals surface area contributed by atoms with Crippen molar-refractivity contribution < 1.29 is 24.2 Å². The molecule has 2 aliphatic carbocycles. The van der Waals surface area contributed by atoms with Crippen molar-refractivity contribution in [2.75, 3.05) is 33.3 Å². The van der Waals surface area contributed by atoms with E-state index in [2.05, 4.69) is 29.6 Å². The lowest BCUT2D eigenvalue weighted by atomic mass is 9.98. The number of carboxylic acids is 1. The standard InChI is InChI=1S/C27H31N3O5/c1-29-13-14-30(15-24(29)26(32)33)25(31)21-11-6-12-23(21)28-27(34)35-16-22-19-9-4-2-7-17(19)18-8-3-5-10-20(18)22/h2-5,7-10,21-24H,6,11-16H2,1H3,(H,28,34)(H,32,33)/t21-,23+,24?/m0/s1. The summed E-state index contributed by atoms with van der Waals surface area (Å²) in [6.45, 7) is 1.40. The van der Waals surface area contributed by atoms with Crippen LogP contribution in [0.5, 0.6) is 0 Å². The van der Waals surface area contributed by atoms with Crippen molar-refractivity contribution in [1.29, 1.82) is 0 Å². The van der Waals surface area contributed by atoms with Crippen molar-refractivity contribution in [1.82, 2.24) is 15.1 Å². The summed E-state index contributed by atoms with van der Waals surface area (Å²) in [5.41, 5.74) is 4.65. The lowest BCUT2D eigenvalue weighted by Gasteiger charge is -2.38. The molecular weight excluding hydrogens is 446 g/mol. The van der Waals surface area contributed by atoms with Crippen LogP contribution in [0.3, 0.4) is 0 Å². The van der Waals surface area contributed by atoms with Gasteiger partial charge in [0.1, 0.15) is 12.6 Å². The molecule has 0 radical (unpaired) electrons. The van der Waals surface area contributed by atoms with Crippen LogP contribution in [0.1, 0.15) is 36.3 Å². The average Bonchev–Trinajstić information content (AvgIpc) is 3.45. The van der Waals surface area contributed by atoms with E-state index in [-0.39, 0.29) is 36.9 Å². The van der Waals surface area contributed by atoms with Crippen molar-refractivity contribution in [3.8, 4) is 11.1 Å². The molecular formula is C27H31N3O5. The lowest BCUT2D eigenvalue weighted by Crippen LogP contribution is -2.58. The predicted octanol–water partition coefficient (Wildman–Crippen LogP) is 2.92. The van der Waals surface area contributed by atoms with Crippen LogP contribution >= 0.6 is 0 Å². The summed E-state index contributed by atoms with van der Waals surface area (Å²) >= 11 is 0. The molecule has 2 aromatic carbocycles. The Morgan fingerprint density at radius 3 is 2.31 bits per heavy atom. The normalized spacial score (nSPS) is 24.0. The molecule has 2 fully saturated rings. The van der Waals surface area contributed by atoms with Gasteiger partial charge in [-0.2, -0.15) is 0 Å². The van der Waals surface area contributed by atoms with Gasteiger partial charge in [-0.3, -0.25) is 14.5 Å². The number of amides is 2. The maximum absolute atomic E-state index is 13.2. The Morgan fingerprint density at radius 1 is 1.00 bits per heavy atom. The van der Waals surface area contributed by atoms with Gasteiger partial charge in [0.25, 0.3) is 0 Å². The number of nitrogens with zero attached hydrogens (tertiary/aromatic N) is 2. The first-order chi connectivity index (χ1) is 16.9. The van der Waals surface area contributed by atoms with Gasteiger partial charge in [-0.25, -0.2) is 4.79 Å². The third-order valence-corrected chi connectivity index (χ3v) is 7.72. The first-order valence-electron chi connectivity index (χ1n) is 12.3. The second-order valence-corrected chi connectivity index (χ2v) is 9.73. The molecule has 2 N–H and O–H groups in total. The van der Waals surface area contributed by atoms with Crippen LogP contribution in [0.15, 0.2) is 48.5 Å². The topological polar surface area (TPSA) is 99.2 Å². The fraction of sp³-hybridized carbons (Fsp3) is 0.444. The smallest absolute Gasteiger partial charge is 0.407 e. The molecule has 3 aliphatic rings. The highest BCUT2D eigenvalue weighted by atomic mass is 16.5. The largest absolute Gasteiger partial charge is 0.480 e. The van der Waals surface area contributed by atoms with Crippen LogP contribution in [0, 0.1) is 5.92 Å². The highest BCUT2D eigenvalue weighted by Gasteiger charge is 2.40. The van der Waals surface area contributed by atoms with E-state index in [4.69, 9.17) is 4.74 Å². The number of carbonyl (C=O) groups is 3. The van der Waals surface area contributed by atoms with Gasteiger partial charge in [0.2, 0.25) is 5.91 Å². The highest BCUT2D eigenvalue weighted by Crippen LogP contribution is 2.44. The van der Waals surface area contributed by atoms with Gasteiger partial charge >= 0.3 is 12.1 Å². The molecule has 1 saturated heterocycles. The van der Waals surface area contributed by atoms with E-state index in [1.54, 1.807) is 16.8 Å². The second kappa shape index (κ2) is 9.70. The maximum atomic E-state index is 13.2. The van der Waals surface area contributed by atoms with Gasteiger partial charge in [0, 0.05) is 31.6 Å². The molecule has 2 amide bonds. The van der Waals surface area contributed by atoms with E-state index in [0.29, 0.717) is 25.9 Å². The summed E-state index contributed by atoms with van der Waals surface area (Å²) < 4.78 is 5.68. The molecule has 1 heterocycles. The van der Waals surface area contributed by atoms with Crippen molar-refractivity contribution in [3.05, 3.63) is 59.7 Å². The first kappa shape index (κ1) is 23.4. The number of aliphatic carboxylic acids is 1. The zero-order valence-electron chi connectivity index (χ0n) is 19.9. The molecule has 1 aliphatic heterocycles. The third kappa shape index (κ3) is 4.50. The molecule has 0 spiro atoms. The number of hydrogen-bond donors (Lipinski definition) is 2. The monoisotopic (exact) mass is 477 g/mol. The highest BCUT2D eigenvalue weighted by molar-refractivity contribution is 5.83. The van der Waals surface area contributed by atoms with Crippen molar-refractivity contribution in [3.63, 3.8) is 0 Å². The molecule has 1 unspecified atom stereocenters. The molecule has 8 heteroatoms. The number of nitrogens with one attached hydrogen (secondary N) is 1. The number of benzene rings is 2. The van der Waals surface area contributed by atoms with Crippen LogP contribution in [-0.2, 0) is 14.3 Å². The van der Waals surface area contributed by atoms with Gasteiger partial charge in [-0.15, -0.1) is 0 Å². The SMILES string of the molecule is CN1CCN(C(=O)[C@H]2CCC[C@H]2NC(=O)OCC2c3ccccc3-c3ccccc32)CC1C(=O)O. The molecule has 3 atom stereocenters. The minimum Gasteiger partial charge on any atom is -0.480 e. The number of fused-ring (bicyclic) bond motifs is 3. The van der Waals surface area contributed by atoms with Crippen molar-refractivity contribution in [2.24, 2.45) is 5.92 Å². The zero-order chi connectivity index (χ0) is 24.5. The Bertz CT molecular complexity index is 1090. The maximum Gasteiger partial charge on any atom is 0.407 e. The van der Waals surface area contributed by atoms with E-state index in [9.17, 15) is 19.5 Å². The quantitative estimate of drug-likeness (QED) is 0.687. The zero-order valence-corrected chi connectivity index (χ0v) is 19.9. The minimum absolute atomic E-state index is 0.0209. The fourth-order valence-corrected chi connectivity index (χ4v) is 5.79. The Labute approximate surface area is 204 Å². The molecule has 1 saturated carbocycles. The fourth-order valence-electron chi connectivity index (χ4n) is 5.79. The Morgan fingerprint density at radius 2 is 1.66 bits per heavy atom. The first-order valence-corrected chi connectivity index (χ1v) is 12.3. The van der Waals surface area contributed by atoms with Gasteiger partial charge in [0.15, 0.2) is 0 Å². The third-order valence-electron chi connectivity index (χ3n) is 7.72. The molecule has 2 aromatic rings. The minimum atomic E-state index is -0.926. The number of likely N-dealkylation sites (N-methyl/N-ethyl adjacent to an activating group) is 1. The lowest BCUT2D eigenvalue weighted by molar-refractivity contribution is -0.149. The molecule has 0 bridgehead atoms. The van der Waals surface area contributed by atoms with Crippen molar-refractivity contribution >= 4 is 18.0 Å². The van der Waals surface area contributed by atoms with Crippen LogP contribution in [0.4, 0.5) is 4.79 Å². The Kier molecular flexibility index (Phi) is 6.47. The summed E-state index contributed by atoms with van der Waals surface area (Å²) in [5, 5.41) is 12.4. The van der Waals surface area contributed by atoms with Gasteiger partial charge in [-0.05, 0) is 42.1 Å². The Balaban J connectivity index is 1.20. The van der Waals surface area contributed by atoms with E-state index >= 15 is 0 Å². The van der Waals surface area contributed by atoms with Gasteiger partial charge in [-0.1, -0.05) is 55.0 Å². The number of alkyl carbamates (subject to hydrolysis) is 1. The average molecular weight is 478 g/mol. The van der Waals surface area contributed by atoms with Crippen LogP contribution in [0.25, 0.3) is 11.1 Å². The van der Waals surface area contributed by atoms with Gasteiger partial charge in [0.05, 0.1) is 5.92 Å². The Hall–Kier alpha value is -3.39. The molecule has 35 heavy (non-hydrogen) atoms. The molecule has 5 rings (SSSR count).